The van der Waals surface area contributed by atoms with Gasteiger partial charge >= 0.3 is 24.7 Å². The number of alkyl halides is 12. The van der Waals surface area contributed by atoms with E-state index in [-0.39, 0.29) is 94.7 Å². The summed E-state index contributed by atoms with van der Waals surface area (Å²) in [6.07, 6.45) is -19.7. The zero-order valence-electron chi connectivity index (χ0n) is 37.4. The number of benzene rings is 8. The summed E-state index contributed by atoms with van der Waals surface area (Å²) in [5.41, 5.74) is -2.95. The zero-order chi connectivity index (χ0) is 52.1. The van der Waals surface area contributed by atoms with Gasteiger partial charge in [-0.25, -0.2) is 15.0 Å². The van der Waals surface area contributed by atoms with Gasteiger partial charge in [-0.1, -0.05) is 78.9 Å². The molecule has 3 heterocycles. The van der Waals surface area contributed by atoms with E-state index in [2.05, 4.69) is 0 Å². The number of hydrogen-bond donors (Lipinski definition) is 0. The molecule has 6 nitrogen and oxygen atoms in total. The molecule has 0 saturated carbocycles. The lowest BCUT2D eigenvalue weighted by atomic mass is 9.96. The van der Waals surface area contributed by atoms with Crippen molar-refractivity contribution in [1.82, 2.24) is 24.1 Å². The van der Waals surface area contributed by atoms with Crippen molar-refractivity contribution in [3.63, 3.8) is 0 Å². The molecule has 0 unspecified atom stereocenters. The highest BCUT2D eigenvalue weighted by atomic mass is 19.4. The Bertz CT molecular complexity index is 3890. The molecule has 11 rings (SSSR count). The summed E-state index contributed by atoms with van der Waals surface area (Å²) >= 11 is 0. The monoisotopic (exact) mass is 1010 g/mol. The van der Waals surface area contributed by atoms with E-state index in [0.29, 0.717) is 11.1 Å². The van der Waals surface area contributed by atoms with Gasteiger partial charge in [0, 0.05) is 49.4 Å². The van der Waals surface area contributed by atoms with Gasteiger partial charge in [0.15, 0.2) is 17.5 Å². The molecule has 0 atom stereocenters. The lowest BCUT2D eigenvalue weighted by Crippen LogP contribution is -2.07. The molecule has 0 N–H and O–H groups in total. The summed E-state index contributed by atoms with van der Waals surface area (Å²) in [6.45, 7) is 0. The third kappa shape index (κ3) is 8.19. The molecule has 0 aliphatic rings. The summed E-state index contributed by atoms with van der Waals surface area (Å²) in [4.78, 5) is 14.6. The maximum atomic E-state index is 14.5. The van der Waals surface area contributed by atoms with Gasteiger partial charge in [-0.05, 0) is 91.0 Å². The van der Waals surface area contributed by atoms with Crippen molar-refractivity contribution in [2.24, 2.45) is 0 Å². The molecule has 0 amide bonds. The molecule has 18 heteroatoms. The van der Waals surface area contributed by atoms with E-state index in [1.54, 1.807) is 78.9 Å². The quantitative estimate of drug-likeness (QED) is 0.156. The fourth-order valence-electron chi connectivity index (χ4n) is 9.38. The number of hydrogen-bond acceptors (Lipinski definition) is 4. The van der Waals surface area contributed by atoms with Crippen LogP contribution in [0.4, 0.5) is 52.7 Å². The number of nitrogens with zero attached hydrogens (tertiary/aromatic N) is 6. The smallest absolute Gasteiger partial charge is 0.309 e. The molecule has 11 aromatic rings. The van der Waals surface area contributed by atoms with Crippen molar-refractivity contribution in [2.45, 2.75) is 24.7 Å². The van der Waals surface area contributed by atoms with E-state index < -0.39 is 47.0 Å². The Morgan fingerprint density at radius 2 is 0.730 bits per heavy atom. The second-order valence-corrected chi connectivity index (χ2v) is 17.2. The van der Waals surface area contributed by atoms with Gasteiger partial charge in [-0.2, -0.15) is 57.9 Å². The van der Waals surface area contributed by atoms with E-state index in [0.717, 1.165) is 72.8 Å². The van der Waals surface area contributed by atoms with Crippen molar-refractivity contribution in [2.75, 3.05) is 0 Å². The van der Waals surface area contributed by atoms with E-state index in [4.69, 9.17) is 15.0 Å². The maximum absolute atomic E-state index is 14.5. The topological polar surface area (TPSA) is 72.3 Å². The number of nitriles is 1. The molecule has 0 aliphatic carbocycles. The number of para-hydroxylation sites is 1. The molecular weight excluding hydrogens is 985 g/mol. The van der Waals surface area contributed by atoms with Crippen LogP contribution in [-0.4, -0.2) is 24.1 Å². The number of halogens is 12. The van der Waals surface area contributed by atoms with Crippen LogP contribution >= 0.6 is 0 Å². The molecule has 0 radical (unpaired) electrons. The van der Waals surface area contributed by atoms with Gasteiger partial charge in [0.05, 0.1) is 67.3 Å². The Morgan fingerprint density at radius 3 is 1.12 bits per heavy atom. The van der Waals surface area contributed by atoms with Gasteiger partial charge in [0.1, 0.15) is 0 Å². The average Bonchev–Trinajstić information content (AvgIpc) is 3.89. The first-order valence-corrected chi connectivity index (χ1v) is 22.2. The lowest BCUT2D eigenvalue weighted by molar-refractivity contribution is -0.138. The molecule has 0 saturated heterocycles. The Labute approximate surface area is 409 Å². The fourth-order valence-corrected chi connectivity index (χ4v) is 9.38. The van der Waals surface area contributed by atoms with Crippen molar-refractivity contribution < 1.29 is 52.7 Å². The summed E-state index contributed by atoms with van der Waals surface area (Å²) < 4.78 is 176. The molecule has 8 aromatic carbocycles. The van der Waals surface area contributed by atoms with Crippen LogP contribution in [-0.2, 0) is 24.7 Å². The highest BCUT2D eigenvalue weighted by Gasteiger charge is 2.36. The minimum absolute atomic E-state index is 0.00368. The summed E-state index contributed by atoms with van der Waals surface area (Å²) in [6, 6.07) is 39.1. The second kappa shape index (κ2) is 17.1. The normalized spacial score (nSPS) is 12.6. The predicted molar refractivity (Wildman–Crippen MR) is 255 cm³/mol. The van der Waals surface area contributed by atoms with Crippen LogP contribution in [0, 0.1) is 11.3 Å². The second-order valence-electron chi connectivity index (χ2n) is 17.2. The van der Waals surface area contributed by atoms with E-state index in [1.807, 2.05) is 6.07 Å². The van der Waals surface area contributed by atoms with Gasteiger partial charge < -0.3 is 9.13 Å². The molecular formula is C56H28F12N6. The SMILES string of the molecule is N#Cc1ccc(-c2cccc(-c3nc(-c4ccccc4)nc(-c4ccccc4)n3)c2-n2c3ccc(C(F)(F)F)cc3c3cc(C(F)(F)F)ccc32)c(-n2c3ccc(C(F)(F)F)cc3c3cc(C(F)(F)F)ccc32)c1. The van der Waals surface area contributed by atoms with Crippen LogP contribution < -0.4 is 0 Å². The minimum atomic E-state index is -4.93. The highest BCUT2D eigenvalue weighted by molar-refractivity contribution is 6.13. The Kier molecular flexibility index (Phi) is 10.9. The van der Waals surface area contributed by atoms with Crippen LogP contribution in [0.1, 0.15) is 27.8 Å². The summed E-state index contributed by atoms with van der Waals surface area (Å²) in [5.74, 6) is 0.340. The summed E-state index contributed by atoms with van der Waals surface area (Å²) in [5, 5.41) is 9.44. The Morgan fingerprint density at radius 1 is 0.351 bits per heavy atom. The molecule has 0 bridgehead atoms. The first-order valence-electron chi connectivity index (χ1n) is 22.2. The number of fused-ring (bicyclic) bond motifs is 6. The summed E-state index contributed by atoms with van der Waals surface area (Å²) in [7, 11) is 0. The number of rotatable bonds is 6. The molecule has 0 spiro atoms. The molecule has 366 valence electrons. The van der Waals surface area contributed by atoms with Gasteiger partial charge in [0.2, 0.25) is 0 Å². The van der Waals surface area contributed by atoms with Crippen molar-refractivity contribution >= 4 is 43.6 Å². The first kappa shape index (κ1) is 47.4. The standard InChI is InChI=1S/C56H28F12N6/c57-53(58,59)33-15-20-44-40(25-33)41-26-34(54(60,61)62)16-21-45(41)73(44)48-24-30(29-69)14-19-37(48)38-12-7-13-39(52-71-50(31-8-3-1-4-9-31)70-51(72-52)32-10-5-2-6-11-32)49(38)74-46-22-17-35(55(63,64)65)27-42(46)43-28-36(56(66,67)68)18-23-47(43)74/h1-28H. The van der Waals surface area contributed by atoms with E-state index in [9.17, 15) is 57.9 Å². The lowest BCUT2D eigenvalue weighted by Gasteiger charge is -2.22. The Hall–Kier alpha value is -8.98. The highest BCUT2D eigenvalue weighted by Crippen LogP contribution is 2.47. The number of aromatic nitrogens is 5. The fraction of sp³-hybridized carbons (Fsp3) is 0.0714. The largest absolute Gasteiger partial charge is 0.416 e. The average molecular weight is 1010 g/mol. The maximum Gasteiger partial charge on any atom is 0.416 e. The zero-order valence-corrected chi connectivity index (χ0v) is 37.4. The first-order chi connectivity index (χ1) is 35.2. The van der Waals surface area contributed by atoms with Gasteiger partial charge in [-0.15, -0.1) is 0 Å². The molecule has 0 aliphatic heterocycles. The van der Waals surface area contributed by atoms with Crippen LogP contribution in [0.5, 0.6) is 0 Å². The van der Waals surface area contributed by atoms with Crippen molar-refractivity contribution in [1.29, 1.82) is 5.26 Å². The van der Waals surface area contributed by atoms with Crippen molar-refractivity contribution in [3.8, 4) is 62.7 Å². The molecule has 0 fully saturated rings. The third-order valence-electron chi connectivity index (χ3n) is 12.7. The van der Waals surface area contributed by atoms with Gasteiger partial charge in [-0.3, -0.25) is 0 Å². The Balaban J connectivity index is 1.30. The minimum Gasteiger partial charge on any atom is -0.309 e. The van der Waals surface area contributed by atoms with E-state index >= 15 is 0 Å². The molecule has 3 aromatic heterocycles. The van der Waals surface area contributed by atoms with Crippen molar-refractivity contribution in [3.05, 3.63) is 198 Å². The third-order valence-corrected chi connectivity index (χ3v) is 12.7. The van der Waals surface area contributed by atoms with Crippen LogP contribution in [0.3, 0.4) is 0 Å². The molecule has 74 heavy (non-hydrogen) atoms. The van der Waals surface area contributed by atoms with Crippen LogP contribution in [0.2, 0.25) is 0 Å². The van der Waals surface area contributed by atoms with Crippen LogP contribution in [0.15, 0.2) is 170 Å². The van der Waals surface area contributed by atoms with Crippen LogP contribution in [0.25, 0.3) is 100 Å². The van der Waals surface area contributed by atoms with E-state index in [1.165, 1.54) is 27.3 Å². The van der Waals surface area contributed by atoms with Gasteiger partial charge in [0.25, 0.3) is 0 Å². The predicted octanol–water partition coefficient (Wildman–Crippen LogP) is 16.7.